The van der Waals surface area contributed by atoms with Gasteiger partial charge >= 0.3 is 0 Å². The summed E-state index contributed by atoms with van der Waals surface area (Å²) in [5.41, 5.74) is 0. The molecule has 3 rings (SSSR count). The molecule has 2 nitrogen and oxygen atoms in total. The molecule has 0 radical (unpaired) electrons. The van der Waals surface area contributed by atoms with E-state index < -0.39 is 12.3 Å². The molecule has 2 aliphatic carbocycles. The number of alkyl halides is 2. The van der Waals surface area contributed by atoms with E-state index in [0.29, 0.717) is 36.5 Å². The smallest absolute Gasteiger partial charge is 0.241 e. The number of hydrogen-bond acceptors (Lipinski definition) is 2. The van der Waals surface area contributed by atoms with Crippen LogP contribution >= 0.6 is 0 Å². The Morgan fingerprint density at radius 2 is 1.35 bits per heavy atom. The van der Waals surface area contributed by atoms with Gasteiger partial charge in [-0.25, -0.2) is 8.78 Å². The summed E-state index contributed by atoms with van der Waals surface area (Å²) in [4.78, 5) is 0. The summed E-state index contributed by atoms with van der Waals surface area (Å²) in [5.74, 6) is 1.80. The Hall–Kier alpha value is -0.480. The molecule has 1 saturated heterocycles. The summed E-state index contributed by atoms with van der Waals surface area (Å²) in [6.45, 7) is 5.46. The Balaban J connectivity index is 1.40. The molecule has 0 aromatic carbocycles. The van der Waals surface area contributed by atoms with Gasteiger partial charge in [0.05, 0.1) is 13.2 Å². The van der Waals surface area contributed by atoms with Gasteiger partial charge in [-0.05, 0) is 63.2 Å². The maximum Gasteiger partial charge on any atom is 0.241 e. The van der Waals surface area contributed by atoms with Crippen molar-refractivity contribution in [2.24, 2.45) is 29.6 Å². The Labute approximate surface area is 138 Å². The molecular formula is C19H30F2O2. The SMILES string of the molecule is C=CC1CCC(C2COC(C3CCC(C(F)F)CC3)OC2)CC1. The average Bonchev–Trinajstić information content (AvgIpc) is 2.62. The summed E-state index contributed by atoms with van der Waals surface area (Å²) in [5, 5.41) is 0. The third-order valence-corrected chi connectivity index (χ3v) is 6.32. The van der Waals surface area contributed by atoms with E-state index in [9.17, 15) is 8.78 Å². The summed E-state index contributed by atoms with van der Waals surface area (Å²) in [6, 6.07) is 0. The van der Waals surface area contributed by atoms with Gasteiger partial charge in [-0.2, -0.15) is 0 Å². The van der Waals surface area contributed by atoms with Gasteiger partial charge in [-0.1, -0.05) is 6.08 Å². The Kier molecular flexibility index (Phi) is 6.08. The van der Waals surface area contributed by atoms with Crippen molar-refractivity contribution in [1.29, 1.82) is 0 Å². The lowest BCUT2D eigenvalue weighted by Crippen LogP contribution is -2.41. The van der Waals surface area contributed by atoms with Gasteiger partial charge in [0.2, 0.25) is 6.43 Å². The minimum absolute atomic E-state index is 0.158. The third kappa shape index (κ3) is 4.33. The van der Waals surface area contributed by atoms with E-state index in [1.54, 1.807) is 0 Å². The normalized spacial score (nSPS) is 42.6. The van der Waals surface area contributed by atoms with Crippen molar-refractivity contribution in [3.8, 4) is 0 Å². The molecule has 23 heavy (non-hydrogen) atoms. The Morgan fingerprint density at radius 3 is 1.87 bits per heavy atom. The Morgan fingerprint density at radius 1 is 0.783 bits per heavy atom. The molecule has 1 heterocycles. The van der Waals surface area contributed by atoms with Crippen molar-refractivity contribution in [2.75, 3.05) is 13.2 Å². The van der Waals surface area contributed by atoms with Gasteiger partial charge in [-0.3, -0.25) is 0 Å². The second-order valence-corrected chi connectivity index (χ2v) is 7.72. The molecular weight excluding hydrogens is 298 g/mol. The van der Waals surface area contributed by atoms with Crippen molar-refractivity contribution in [1.82, 2.24) is 0 Å². The van der Waals surface area contributed by atoms with E-state index in [-0.39, 0.29) is 6.29 Å². The average molecular weight is 328 g/mol. The zero-order valence-corrected chi connectivity index (χ0v) is 14.0. The summed E-state index contributed by atoms with van der Waals surface area (Å²) in [6.07, 6.45) is 7.60. The monoisotopic (exact) mass is 328 g/mol. The fourth-order valence-corrected chi connectivity index (χ4v) is 4.60. The molecule has 0 bridgehead atoms. The number of hydrogen-bond donors (Lipinski definition) is 0. The van der Waals surface area contributed by atoms with Crippen LogP contribution in [0.5, 0.6) is 0 Å². The molecule has 2 saturated carbocycles. The number of allylic oxidation sites excluding steroid dienone is 1. The van der Waals surface area contributed by atoms with Crippen molar-refractivity contribution < 1.29 is 18.3 Å². The van der Waals surface area contributed by atoms with E-state index >= 15 is 0 Å². The maximum atomic E-state index is 12.7. The predicted molar refractivity (Wildman–Crippen MR) is 86.3 cm³/mol. The van der Waals surface area contributed by atoms with E-state index in [2.05, 4.69) is 12.7 Å². The first kappa shape index (κ1) is 17.3. The van der Waals surface area contributed by atoms with E-state index in [1.165, 1.54) is 25.7 Å². The highest BCUT2D eigenvalue weighted by atomic mass is 19.3. The molecule has 4 heteroatoms. The van der Waals surface area contributed by atoms with Gasteiger partial charge in [0.15, 0.2) is 6.29 Å². The second-order valence-electron chi connectivity index (χ2n) is 7.72. The van der Waals surface area contributed by atoms with Crippen molar-refractivity contribution in [3.05, 3.63) is 12.7 Å². The minimum Gasteiger partial charge on any atom is -0.352 e. The largest absolute Gasteiger partial charge is 0.352 e. The van der Waals surface area contributed by atoms with Crippen LogP contribution in [0.3, 0.4) is 0 Å². The quantitative estimate of drug-likeness (QED) is 0.673. The van der Waals surface area contributed by atoms with Crippen LogP contribution in [0, 0.1) is 29.6 Å². The van der Waals surface area contributed by atoms with Gasteiger partial charge in [0.1, 0.15) is 0 Å². The molecule has 0 atom stereocenters. The fraction of sp³-hybridized carbons (Fsp3) is 0.895. The molecule has 0 N–H and O–H groups in total. The van der Waals surface area contributed by atoms with Gasteiger partial charge in [0, 0.05) is 17.8 Å². The lowest BCUT2D eigenvalue weighted by molar-refractivity contribution is -0.238. The highest BCUT2D eigenvalue weighted by molar-refractivity contribution is 4.87. The molecule has 0 spiro atoms. The van der Waals surface area contributed by atoms with Crippen LogP contribution in [0.4, 0.5) is 8.78 Å². The lowest BCUT2D eigenvalue weighted by Gasteiger charge is -2.40. The van der Waals surface area contributed by atoms with Crippen LogP contribution in [0.15, 0.2) is 12.7 Å². The van der Waals surface area contributed by atoms with Crippen LogP contribution < -0.4 is 0 Å². The van der Waals surface area contributed by atoms with Crippen LogP contribution in [-0.2, 0) is 9.47 Å². The summed E-state index contributed by atoms with van der Waals surface area (Å²) in [7, 11) is 0. The molecule has 3 aliphatic rings. The first-order valence-electron chi connectivity index (χ1n) is 9.31. The molecule has 132 valence electrons. The van der Waals surface area contributed by atoms with Gasteiger partial charge in [-0.15, -0.1) is 6.58 Å². The maximum absolute atomic E-state index is 12.7. The summed E-state index contributed by atoms with van der Waals surface area (Å²) < 4.78 is 37.5. The molecule has 1 aliphatic heterocycles. The lowest BCUT2D eigenvalue weighted by atomic mass is 9.76. The zero-order chi connectivity index (χ0) is 16.2. The molecule has 0 amide bonds. The minimum atomic E-state index is -2.17. The molecule has 0 aromatic heterocycles. The first-order valence-corrected chi connectivity index (χ1v) is 9.31. The van der Waals surface area contributed by atoms with Crippen molar-refractivity contribution >= 4 is 0 Å². The predicted octanol–water partition coefficient (Wildman–Crippen LogP) is 5.04. The third-order valence-electron chi connectivity index (χ3n) is 6.32. The summed E-state index contributed by atoms with van der Waals surface area (Å²) >= 11 is 0. The number of rotatable bonds is 4. The topological polar surface area (TPSA) is 18.5 Å². The fourth-order valence-electron chi connectivity index (χ4n) is 4.60. The zero-order valence-electron chi connectivity index (χ0n) is 14.0. The molecule has 0 aromatic rings. The van der Waals surface area contributed by atoms with Crippen LogP contribution in [0.1, 0.15) is 51.4 Å². The number of ether oxygens (including phenoxy) is 2. The Bertz CT molecular complexity index is 364. The van der Waals surface area contributed by atoms with Gasteiger partial charge < -0.3 is 9.47 Å². The standard InChI is InChI=1S/C19H30F2O2/c1-2-13-3-5-14(6-4-13)17-11-22-19(23-12-17)16-9-7-15(8-10-16)18(20)21/h2,13-19H,1,3-12H2. The van der Waals surface area contributed by atoms with E-state index in [0.717, 1.165) is 26.1 Å². The van der Waals surface area contributed by atoms with E-state index in [1.807, 2.05) is 0 Å². The van der Waals surface area contributed by atoms with Crippen molar-refractivity contribution in [3.63, 3.8) is 0 Å². The van der Waals surface area contributed by atoms with Gasteiger partial charge in [0.25, 0.3) is 0 Å². The van der Waals surface area contributed by atoms with E-state index in [4.69, 9.17) is 9.47 Å². The van der Waals surface area contributed by atoms with Crippen LogP contribution in [0.2, 0.25) is 0 Å². The highest BCUT2D eigenvalue weighted by Gasteiger charge is 2.37. The molecule has 3 fully saturated rings. The highest BCUT2D eigenvalue weighted by Crippen LogP contribution is 2.39. The second kappa shape index (κ2) is 8.06. The molecule has 0 unspecified atom stereocenters. The van der Waals surface area contributed by atoms with Crippen molar-refractivity contribution in [2.45, 2.75) is 64.1 Å². The number of halogens is 2. The van der Waals surface area contributed by atoms with Crippen LogP contribution in [-0.4, -0.2) is 25.9 Å². The first-order chi connectivity index (χ1) is 11.2. The van der Waals surface area contributed by atoms with Crippen LogP contribution in [0.25, 0.3) is 0 Å².